The van der Waals surface area contributed by atoms with Gasteiger partial charge in [-0.1, -0.05) is 13.8 Å². The van der Waals surface area contributed by atoms with Gasteiger partial charge < -0.3 is 10.4 Å². The fourth-order valence-corrected chi connectivity index (χ4v) is 3.36. The van der Waals surface area contributed by atoms with Crippen LogP contribution in [-0.4, -0.2) is 42.8 Å². The maximum Gasteiger partial charge on any atom is 0.328 e. The lowest BCUT2D eigenvalue weighted by atomic mass is 10.2. The van der Waals surface area contributed by atoms with Crippen molar-refractivity contribution in [3.05, 3.63) is 35.9 Å². The van der Waals surface area contributed by atoms with Crippen LogP contribution in [0.2, 0.25) is 0 Å². The van der Waals surface area contributed by atoms with Gasteiger partial charge in [0.1, 0.15) is 0 Å². The summed E-state index contributed by atoms with van der Waals surface area (Å²) in [5.74, 6) is -1.77. The fraction of sp³-hybridized carbons (Fsp3) is 0.333. The Hall–Kier alpha value is -2.19. The van der Waals surface area contributed by atoms with Crippen LogP contribution in [0.15, 0.2) is 40.8 Å². The third kappa shape index (κ3) is 4.90. The SMILES string of the molecule is CCN(CC)S(=O)(=O)c1ccc(NC(=O)/C(C)=C\C(=O)O)cc1. The van der Waals surface area contributed by atoms with Crippen molar-refractivity contribution in [1.82, 2.24) is 4.31 Å². The van der Waals surface area contributed by atoms with E-state index in [0.29, 0.717) is 18.8 Å². The fourth-order valence-electron chi connectivity index (χ4n) is 1.90. The van der Waals surface area contributed by atoms with Crippen molar-refractivity contribution in [3.8, 4) is 0 Å². The average molecular weight is 340 g/mol. The molecule has 0 bridgehead atoms. The lowest BCUT2D eigenvalue weighted by Gasteiger charge is -2.18. The van der Waals surface area contributed by atoms with Gasteiger partial charge in [0.15, 0.2) is 0 Å². The summed E-state index contributed by atoms with van der Waals surface area (Å²) >= 11 is 0. The molecule has 0 saturated heterocycles. The number of rotatable bonds is 7. The normalized spacial score (nSPS) is 12.3. The number of carbonyl (C=O) groups excluding carboxylic acids is 1. The second-order valence-electron chi connectivity index (χ2n) is 4.73. The number of nitrogens with zero attached hydrogens (tertiary/aromatic N) is 1. The summed E-state index contributed by atoms with van der Waals surface area (Å²) < 4.78 is 26.0. The van der Waals surface area contributed by atoms with Gasteiger partial charge >= 0.3 is 5.97 Å². The number of carboxylic acids is 1. The molecule has 2 N–H and O–H groups in total. The number of aliphatic carboxylic acids is 1. The molecule has 126 valence electrons. The molecule has 0 unspecified atom stereocenters. The predicted molar refractivity (Wildman–Crippen MR) is 86.6 cm³/mol. The number of anilines is 1. The average Bonchev–Trinajstić information content (AvgIpc) is 2.48. The van der Waals surface area contributed by atoms with E-state index in [-0.39, 0.29) is 10.5 Å². The molecule has 0 spiro atoms. The van der Waals surface area contributed by atoms with Gasteiger partial charge in [-0.25, -0.2) is 13.2 Å². The lowest BCUT2D eigenvalue weighted by molar-refractivity contribution is -0.131. The third-order valence-corrected chi connectivity index (χ3v) is 5.22. The van der Waals surface area contributed by atoms with E-state index >= 15 is 0 Å². The van der Waals surface area contributed by atoms with Gasteiger partial charge in [0.25, 0.3) is 5.91 Å². The van der Waals surface area contributed by atoms with Crippen molar-refractivity contribution >= 4 is 27.6 Å². The van der Waals surface area contributed by atoms with Gasteiger partial charge in [-0.15, -0.1) is 0 Å². The first-order valence-corrected chi connectivity index (χ1v) is 8.49. The molecule has 1 aromatic rings. The molecule has 1 amide bonds. The second-order valence-corrected chi connectivity index (χ2v) is 6.67. The maximum absolute atomic E-state index is 12.3. The molecule has 0 radical (unpaired) electrons. The zero-order valence-corrected chi connectivity index (χ0v) is 14.1. The highest BCUT2D eigenvalue weighted by molar-refractivity contribution is 7.89. The molecule has 8 heteroatoms. The maximum atomic E-state index is 12.3. The van der Waals surface area contributed by atoms with E-state index in [1.165, 1.54) is 35.5 Å². The number of sulfonamides is 1. The van der Waals surface area contributed by atoms with Crippen molar-refractivity contribution in [2.45, 2.75) is 25.7 Å². The molecule has 0 fully saturated rings. The molecule has 0 aliphatic heterocycles. The Kier molecular flexibility index (Phi) is 6.47. The molecule has 0 atom stereocenters. The number of hydrogen-bond donors (Lipinski definition) is 2. The summed E-state index contributed by atoms with van der Waals surface area (Å²) in [4.78, 5) is 22.4. The van der Waals surface area contributed by atoms with Crippen LogP contribution in [0.1, 0.15) is 20.8 Å². The van der Waals surface area contributed by atoms with Gasteiger partial charge in [-0.3, -0.25) is 4.79 Å². The van der Waals surface area contributed by atoms with Crippen LogP contribution in [0.5, 0.6) is 0 Å². The first kappa shape index (κ1) is 18.9. The van der Waals surface area contributed by atoms with Crippen LogP contribution in [0.4, 0.5) is 5.69 Å². The van der Waals surface area contributed by atoms with Crippen molar-refractivity contribution in [2.75, 3.05) is 18.4 Å². The zero-order valence-electron chi connectivity index (χ0n) is 13.2. The molecule has 0 aromatic heterocycles. The van der Waals surface area contributed by atoms with E-state index in [4.69, 9.17) is 5.11 Å². The number of amides is 1. The van der Waals surface area contributed by atoms with Crippen molar-refractivity contribution in [1.29, 1.82) is 0 Å². The first-order chi connectivity index (χ1) is 10.7. The molecule has 1 rings (SSSR count). The summed E-state index contributed by atoms with van der Waals surface area (Å²) in [6.45, 7) is 5.63. The van der Waals surface area contributed by atoms with Crippen LogP contribution in [0, 0.1) is 0 Å². The van der Waals surface area contributed by atoms with E-state index in [0.717, 1.165) is 6.08 Å². The van der Waals surface area contributed by atoms with Gasteiger partial charge in [-0.05, 0) is 31.2 Å². The number of carboxylic acid groups (broad SMARTS) is 1. The third-order valence-electron chi connectivity index (χ3n) is 3.15. The van der Waals surface area contributed by atoms with Gasteiger partial charge in [0.05, 0.1) is 4.90 Å². The Balaban J connectivity index is 2.93. The smallest absolute Gasteiger partial charge is 0.328 e. The minimum Gasteiger partial charge on any atom is -0.478 e. The Morgan fingerprint density at radius 1 is 1.17 bits per heavy atom. The quantitative estimate of drug-likeness (QED) is 0.735. The molecule has 0 aliphatic rings. The monoisotopic (exact) mass is 340 g/mol. The van der Waals surface area contributed by atoms with E-state index in [9.17, 15) is 18.0 Å². The lowest BCUT2D eigenvalue weighted by Crippen LogP contribution is -2.30. The van der Waals surface area contributed by atoms with Gasteiger partial charge in [0, 0.05) is 30.4 Å². The molecule has 1 aromatic carbocycles. The standard InChI is InChI=1S/C15H20N2O5S/c1-4-17(5-2)23(21,22)13-8-6-12(7-9-13)16-15(20)11(3)10-14(18)19/h6-10H,4-5H2,1-3H3,(H,16,20)(H,18,19)/b11-10-. The number of nitrogens with one attached hydrogen (secondary N) is 1. The van der Waals surface area contributed by atoms with E-state index in [1.54, 1.807) is 13.8 Å². The number of hydrogen-bond acceptors (Lipinski definition) is 4. The summed E-state index contributed by atoms with van der Waals surface area (Å²) in [6, 6.07) is 5.73. The number of benzene rings is 1. The topological polar surface area (TPSA) is 104 Å². The van der Waals surface area contributed by atoms with Crippen LogP contribution < -0.4 is 5.32 Å². The van der Waals surface area contributed by atoms with Crippen LogP contribution in [-0.2, 0) is 19.6 Å². The summed E-state index contributed by atoms with van der Waals surface area (Å²) in [6.07, 6.45) is 0.800. The minimum absolute atomic E-state index is 0.0392. The first-order valence-electron chi connectivity index (χ1n) is 7.05. The predicted octanol–water partition coefficient (Wildman–Crippen LogP) is 1.69. The summed E-state index contributed by atoms with van der Waals surface area (Å²) in [7, 11) is -3.55. The molecule has 23 heavy (non-hydrogen) atoms. The highest BCUT2D eigenvalue weighted by Gasteiger charge is 2.21. The second kappa shape index (κ2) is 7.89. The van der Waals surface area contributed by atoms with Crippen molar-refractivity contribution in [2.24, 2.45) is 0 Å². The largest absolute Gasteiger partial charge is 0.478 e. The van der Waals surface area contributed by atoms with E-state index in [2.05, 4.69) is 5.32 Å². The highest BCUT2D eigenvalue weighted by atomic mass is 32.2. The Labute approximate surface area is 135 Å². The zero-order chi connectivity index (χ0) is 17.6. The highest BCUT2D eigenvalue weighted by Crippen LogP contribution is 2.18. The Morgan fingerprint density at radius 3 is 2.13 bits per heavy atom. The minimum atomic E-state index is -3.55. The van der Waals surface area contributed by atoms with Gasteiger partial charge in [-0.2, -0.15) is 4.31 Å². The van der Waals surface area contributed by atoms with Gasteiger partial charge in [0.2, 0.25) is 10.0 Å². The molecule has 0 aliphatic carbocycles. The summed E-state index contributed by atoms with van der Waals surface area (Å²) in [5, 5.41) is 11.1. The van der Waals surface area contributed by atoms with Crippen molar-refractivity contribution in [3.63, 3.8) is 0 Å². The van der Waals surface area contributed by atoms with Crippen LogP contribution in [0.25, 0.3) is 0 Å². The Morgan fingerprint density at radius 2 is 1.70 bits per heavy atom. The molecule has 0 heterocycles. The molecule has 7 nitrogen and oxygen atoms in total. The van der Waals surface area contributed by atoms with Crippen molar-refractivity contribution < 1.29 is 23.1 Å². The van der Waals surface area contributed by atoms with Crippen LogP contribution in [0.3, 0.4) is 0 Å². The Bertz CT molecular complexity index is 704. The van der Waals surface area contributed by atoms with E-state index < -0.39 is 21.9 Å². The number of carbonyl (C=O) groups is 2. The summed E-state index contributed by atoms with van der Waals surface area (Å²) in [5.41, 5.74) is 0.420. The van der Waals surface area contributed by atoms with E-state index in [1.807, 2.05) is 0 Å². The van der Waals surface area contributed by atoms with Crippen LogP contribution >= 0.6 is 0 Å². The molecule has 0 saturated carbocycles. The molecular formula is C15H20N2O5S. The molecular weight excluding hydrogens is 320 g/mol.